The fraction of sp³-hybridized carbons (Fsp3) is 0.308. The van der Waals surface area contributed by atoms with Crippen LogP contribution in [0.3, 0.4) is 0 Å². The molecule has 0 aliphatic carbocycles. The quantitative estimate of drug-likeness (QED) is 0.327. The number of hydrogen-bond acceptors (Lipinski definition) is 0. The Balaban J connectivity index is 2.28. The van der Waals surface area contributed by atoms with E-state index in [9.17, 15) is 0 Å². The van der Waals surface area contributed by atoms with Crippen molar-refractivity contribution in [3.8, 4) is 0 Å². The predicted molar refractivity (Wildman–Crippen MR) is 129 cm³/mol. The van der Waals surface area contributed by atoms with Gasteiger partial charge < -0.3 is 0 Å². The second-order valence-electron chi connectivity index (χ2n) is 7.89. The van der Waals surface area contributed by atoms with Crippen molar-refractivity contribution in [2.45, 2.75) is 52.2 Å². The first-order chi connectivity index (χ1) is 13.8. The first-order valence-corrected chi connectivity index (χ1v) is 13.1. The Morgan fingerprint density at radius 1 is 0.536 bits per heavy atom. The van der Waals surface area contributed by atoms with Crippen molar-refractivity contribution >= 4 is 29.8 Å². The van der Waals surface area contributed by atoms with Crippen molar-refractivity contribution in [2.75, 3.05) is 0 Å². The SMILES string of the molecule is CCCCB(CCCC)[Si](c1ccccc1)(c1ccccc1)c1ccccc1. The van der Waals surface area contributed by atoms with Crippen LogP contribution in [0.15, 0.2) is 91.0 Å². The summed E-state index contributed by atoms with van der Waals surface area (Å²) in [6.45, 7) is 4.65. The van der Waals surface area contributed by atoms with Gasteiger partial charge in [0.2, 0.25) is 0 Å². The van der Waals surface area contributed by atoms with Gasteiger partial charge in [-0.05, 0) is 0 Å². The van der Waals surface area contributed by atoms with Gasteiger partial charge in [-0.15, -0.1) is 0 Å². The first kappa shape index (κ1) is 20.7. The van der Waals surface area contributed by atoms with Crippen LogP contribution in [0.25, 0.3) is 0 Å². The average Bonchev–Trinajstić information content (AvgIpc) is 2.78. The molecule has 0 fully saturated rings. The molecular weight excluding hydrogens is 351 g/mol. The zero-order valence-electron chi connectivity index (χ0n) is 17.5. The molecule has 0 heterocycles. The maximum absolute atomic E-state index is 2.40. The van der Waals surface area contributed by atoms with Gasteiger partial charge in [0, 0.05) is 0 Å². The Bertz CT molecular complexity index is 697. The second-order valence-corrected chi connectivity index (χ2v) is 12.1. The van der Waals surface area contributed by atoms with Crippen LogP contribution in [-0.4, -0.2) is 14.2 Å². The normalized spacial score (nSPS) is 11.4. The minimum Gasteiger partial charge on any atom is -0.0752 e. The summed E-state index contributed by atoms with van der Waals surface area (Å²) in [7, 11) is -2.13. The molecule has 28 heavy (non-hydrogen) atoms. The Morgan fingerprint density at radius 3 is 1.14 bits per heavy atom. The van der Waals surface area contributed by atoms with E-state index in [0.29, 0.717) is 0 Å². The van der Waals surface area contributed by atoms with Crippen LogP contribution in [0.5, 0.6) is 0 Å². The van der Waals surface area contributed by atoms with Crippen molar-refractivity contribution in [3.05, 3.63) is 91.0 Å². The lowest BCUT2D eigenvalue weighted by Crippen LogP contribution is -2.76. The summed E-state index contributed by atoms with van der Waals surface area (Å²) in [6, 6.07) is 34.3. The summed E-state index contributed by atoms with van der Waals surface area (Å²) in [4.78, 5) is 0. The van der Waals surface area contributed by atoms with Gasteiger partial charge in [-0.1, -0.05) is 159 Å². The molecule has 0 spiro atoms. The zero-order chi connectivity index (χ0) is 19.7. The molecule has 0 amide bonds. The van der Waals surface area contributed by atoms with E-state index in [4.69, 9.17) is 0 Å². The largest absolute Gasteiger partial charge is 0.151 e. The minimum absolute atomic E-state index is 0.722. The van der Waals surface area contributed by atoms with Crippen molar-refractivity contribution in [2.24, 2.45) is 0 Å². The molecule has 0 nitrogen and oxygen atoms in total. The highest BCUT2D eigenvalue weighted by Crippen LogP contribution is 2.21. The van der Waals surface area contributed by atoms with Gasteiger partial charge in [-0.25, -0.2) is 0 Å². The standard InChI is InChI=1S/C26H33BSi/c1-3-5-22-27(23-6-4-2)28(24-16-10-7-11-17-24,25-18-12-8-13-19-25)26-20-14-9-15-21-26/h7-21H,3-6,22-23H2,1-2H3. The van der Waals surface area contributed by atoms with Crippen molar-refractivity contribution in [1.29, 1.82) is 0 Å². The molecule has 0 unspecified atom stereocenters. The predicted octanol–water partition coefficient (Wildman–Crippen LogP) is 5.33. The highest BCUT2D eigenvalue weighted by atomic mass is 28.3. The molecule has 3 aromatic carbocycles. The molecule has 2 heteroatoms. The Hall–Kier alpha value is -2.06. The lowest BCUT2D eigenvalue weighted by Gasteiger charge is -2.39. The van der Waals surface area contributed by atoms with E-state index in [1.165, 1.54) is 38.3 Å². The van der Waals surface area contributed by atoms with Gasteiger partial charge in [-0.2, -0.15) is 0 Å². The number of rotatable bonds is 10. The monoisotopic (exact) mass is 384 g/mol. The maximum atomic E-state index is 2.40. The fourth-order valence-electron chi connectivity index (χ4n) is 4.79. The Morgan fingerprint density at radius 2 is 0.857 bits per heavy atom. The molecule has 3 rings (SSSR count). The van der Waals surface area contributed by atoms with Crippen LogP contribution >= 0.6 is 0 Å². The highest BCUT2D eigenvalue weighted by Gasteiger charge is 2.47. The Labute approximate surface area is 173 Å². The average molecular weight is 384 g/mol. The summed E-state index contributed by atoms with van der Waals surface area (Å²) < 4.78 is 0. The summed E-state index contributed by atoms with van der Waals surface area (Å²) in [5, 5.41) is 4.68. The summed E-state index contributed by atoms with van der Waals surface area (Å²) >= 11 is 0. The molecule has 0 radical (unpaired) electrons. The number of hydrogen-bond donors (Lipinski definition) is 0. The van der Waals surface area contributed by atoms with Gasteiger partial charge in [0.25, 0.3) is 0 Å². The van der Waals surface area contributed by atoms with Gasteiger partial charge in [0.15, 0.2) is 6.31 Å². The topological polar surface area (TPSA) is 0 Å². The summed E-state index contributed by atoms with van der Waals surface area (Å²) in [5.74, 6) is 0. The Kier molecular flexibility index (Phi) is 7.73. The smallest absolute Gasteiger partial charge is 0.0752 e. The molecule has 0 atom stereocenters. The van der Waals surface area contributed by atoms with E-state index in [1.807, 2.05) is 0 Å². The lowest BCUT2D eigenvalue weighted by atomic mass is 9.65. The lowest BCUT2D eigenvalue weighted by molar-refractivity contribution is 0.847. The zero-order valence-corrected chi connectivity index (χ0v) is 18.5. The summed E-state index contributed by atoms with van der Waals surface area (Å²) in [6.07, 6.45) is 8.53. The van der Waals surface area contributed by atoms with Crippen LogP contribution in [-0.2, 0) is 0 Å². The van der Waals surface area contributed by atoms with Gasteiger partial charge in [0.05, 0.1) is 0 Å². The molecule has 144 valence electrons. The van der Waals surface area contributed by atoms with Crippen LogP contribution in [0, 0.1) is 0 Å². The van der Waals surface area contributed by atoms with Crippen LogP contribution in [0.2, 0.25) is 12.6 Å². The van der Waals surface area contributed by atoms with Crippen LogP contribution < -0.4 is 15.6 Å². The first-order valence-electron chi connectivity index (χ1n) is 11.0. The van der Waals surface area contributed by atoms with Crippen LogP contribution in [0.4, 0.5) is 0 Å². The van der Waals surface area contributed by atoms with E-state index in [1.54, 1.807) is 15.6 Å². The van der Waals surface area contributed by atoms with E-state index in [-0.39, 0.29) is 0 Å². The van der Waals surface area contributed by atoms with Crippen molar-refractivity contribution < 1.29 is 0 Å². The summed E-state index contributed by atoms with van der Waals surface area (Å²) in [5.41, 5.74) is 0. The fourth-order valence-corrected chi connectivity index (χ4v) is 10.6. The van der Waals surface area contributed by atoms with E-state index < -0.39 is 7.94 Å². The number of unbranched alkanes of at least 4 members (excludes halogenated alkanes) is 2. The third kappa shape index (κ3) is 4.33. The molecule has 0 aliphatic rings. The molecule has 0 saturated carbocycles. The highest BCUT2D eigenvalue weighted by molar-refractivity contribution is 7.49. The van der Waals surface area contributed by atoms with E-state index >= 15 is 0 Å². The van der Waals surface area contributed by atoms with Gasteiger partial charge in [0.1, 0.15) is 7.94 Å². The van der Waals surface area contributed by atoms with Crippen LogP contribution in [0.1, 0.15) is 39.5 Å². The number of benzene rings is 3. The molecular formula is C26H33BSi. The molecule has 3 aromatic rings. The maximum Gasteiger partial charge on any atom is 0.151 e. The third-order valence-corrected chi connectivity index (χ3v) is 11.6. The van der Waals surface area contributed by atoms with Gasteiger partial charge >= 0.3 is 0 Å². The second kappa shape index (κ2) is 10.5. The van der Waals surface area contributed by atoms with Crippen molar-refractivity contribution in [3.63, 3.8) is 0 Å². The van der Waals surface area contributed by atoms with Gasteiger partial charge in [-0.3, -0.25) is 0 Å². The minimum atomic E-state index is -2.13. The molecule has 0 aliphatic heterocycles. The van der Waals surface area contributed by atoms with E-state index in [2.05, 4.69) is 105 Å². The molecule has 0 saturated heterocycles. The molecule has 0 bridgehead atoms. The molecule has 0 aromatic heterocycles. The molecule has 0 N–H and O–H groups in total. The third-order valence-electron chi connectivity index (χ3n) is 6.11. The van der Waals surface area contributed by atoms with E-state index in [0.717, 1.165) is 6.31 Å². The van der Waals surface area contributed by atoms with Crippen molar-refractivity contribution in [1.82, 2.24) is 0 Å².